The van der Waals surface area contributed by atoms with Gasteiger partial charge in [-0.2, -0.15) is 0 Å². The number of amides is 2. The number of rotatable bonds is 3. The number of hydrogen-bond donors (Lipinski definition) is 2. The maximum absolute atomic E-state index is 12.7. The molecular weight excluding hydrogens is 400 g/mol. The van der Waals surface area contributed by atoms with E-state index in [1.165, 1.54) is 6.42 Å². The van der Waals surface area contributed by atoms with Crippen LogP contribution < -0.4 is 5.32 Å². The van der Waals surface area contributed by atoms with Gasteiger partial charge < -0.3 is 20.1 Å². The van der Waals surface area contributed by atoms with Crippen LogP contribution in [0.3, 0.4) is 0 Å². The van der Waals surface area contributed by atoms with E-state index < -0.39 is 0 Å². The van der Waals surface area contributed by atoms with Crippen molar-refractivity contribution in [3.05, 3.63) is 41.7 Å². The smallest absolute Gasteiger partial charge is 0.320 e. The lowest BCUT2D eigenvalue weighted by atomic mass is 10.1. The summed E-state index contributed by atoms with van der Waals surface area (Å²) in [6.07, 6.45) is 7.89. The van der Waals surface area contributed by atoms with Crippen LogP contribution in [0, 0.1) is 0 Å². The summed E-state index contributed by atoms with van der Waals surface area (Å²) in [5.41, 5.74) is 2.69. The molecule has 0 radical (unpaired) electrons. The monoisotopic (exact) mass is 424 g/mol. The molecule has 2 amide bonds. The molecule has 30 heavy (non-hydrogen) atoms. The van der Waals surface area contributed by atoms with Gasteiger partial charge in [0.05, 0.1) is 16.9 Å². The maximum atomic E-state index is 12.7. The van der Waals surface area contributed by atoms with Gasteiger partial charge in [0.2, 0.25) is 5.95 Å². The number of piperidine rings is 1. The van der Waals surface area contributed by atoms with Gasteiger partial charge in [-0.3, -0.25) is 0 Å². The number of aromatic nitrogens is 3. The van der Waals surface area contributed by atoms with Gasteiger partial charge in [0.15, 0.2) is 0 Å². The lowest BCUT2D eigenvalue weighted by Crippen LogP contribution is -2.45. The Morgan fingerprint density at radius 3 is 2.83 bits per heavy atom. The number of anilines is 1. The van der Waals surface area contributed by atoms with Gasteiger partial charge in [-0.05, 0) is 31.7 Å². The minimum absolute atomic E-state index is 0.135. The van der Waals surface area contributed by atoms with Crippen LogP contribution in [0.1, 0.15) is 25.7 Å². The third-order valence-corrected chi connectivity index (χ3v) is 6.28. The van der Waals surface area contributed by atoms with Crippen LogP contribution >= 0.6 is 11.6 Å². The van der Waals surface area contributed by atoms with E-state index in [1.54, 1.807) is 6.20 Å². The standard InChI is InChI=1S/C22H25ClN6O/c23-18-13-25-21(27-20(18)17-12-24-19-7-3-2-6-16(17)19)26-15-8-11-29(14-15)22(30)28-9-4-1-5-10-28/h2-3,6-7,12-13,15,24H,1,4-5,8-11,14H2,(H,25,26,27)/t15-/m1/s1. The topological polar surface area (TPSA) is 77.2 Å². The van der Waals surface area contributed by atoms with Crippen molar-refractivity contribution in [2.45, 2.75) is 31.7 Å². The zero-order valence-electron chi connectivity index (χ0n) is 16.8. The van der Waals surface area contributed by atoms with Crippen molar-refractivity contribution in [2.24, 2.45) is 0 Å². The summed E-state index contributed by atoms with van der Waals surface area (Å²) in [6, 6.07) is 8.37. The highest BCUT2D eigenvalue weighted by atomic mass is 35.5. The second-order valence-corrected chi connectivity index (χ2v) is 8.45. The summed E-state index contributed by atoms with van der Waals surface area (Å²) >= 11 is 6.43. The number of urea groups is 1. The number of nitrogens with zero attached hydrogens (tertiary/aromatic N) is 4. The molecule has 8 heteroatoms. The van der Waals surface area contributed by atoms with E-state index in [0.29, 0.717) is 23.2 Å². The van der Waals surface area contributed by atoms with E-state index in [9.17, 15) is 4.79 Å². The molecule has 2 N–H and O–H groups in total. The molecule has 2 saturated heterocycles. The average Bonchev–Trinajstić information content (AvgIpc) is 3.42. The SMILES string of the molecule is O=C(N1CCCCC1)N1CC[C@@H](Nc2ncc(Cl)c(-c3c[nH]c4ccccc34)n2)C1. The molecule has 1 aromatic carbocycles. The Balaban J connectivity index is 1.30. The quantitative estimate of drug-likeness (QED) is 0.654. The largest absolute Gasteiger partial charge is 0.360 e. The molecule has 4 heterocycles. The van der Waals surface area contributed by atoms with E-state index >= 15 is 0 Å². The zero-order valence-corrected chi connectivity index (χ0v) is 17.5. The van der Waals surface area contributed by atoms with Gasteiger partial charge in [0.25, 0.3) is 0 Å². The van der Waals surface area contributed by atoms with Crippen molar-refractivity contribution < 1.29 is 4.79 Å². The van der Waals surface area contributed by atoms with Crippen molar-refractivity contribution in [1.29, 1.82) is 0 Å². The zero-order chi connectivity index (χ0) is 20.5. The molecule has 5 rings (SSSR count). The molecule has 1 atom stereocenters. The Hall–Kier alpha value is -2.80. The van der Waals surface area contributed by atoms with E-state index in [0.717, 1.165) is 55.4 Å². The molecule has 0 spiro atoms. The Morgan fingerprint density at radius 1 is 1.13 bits per heavy atom. The number of hydrogen-bond acceptors (Lipinski definition) is 4. The van der Waals surface area contributed by atoms with Gasteiger partial charge in [0, 0.05) is 54.9 Å². The Bertz CT molecular complexity index is 1060. The number of carbonyl (C=O) groups excluding carboxylic acids is 1. The predicted octanol–water partition coefficient (Wildman–Crippen LogP) is 4.37. The summed E-state index contributed by atoms with van der Waals surface area (Å²) in [7, 11) is 0. The Kier molecular flexibility index (Phi) is 5.21. The van der Waals surface area contributed by atoms with E-state index in [-0.39, 0.29) is 12.1 Å². The van der Waals surface area contributed by atoms with Crippen molar-refractivity contribution in [3.8, 4) is 11.3 Å². The molecule has 2 fully saturated rings. The van der Waals surface area contributed by atoms with Crippen molar-refractivity contribution in [3.63, 3.8) is 0 Å². The first kappa shape index (κ1) is 19.2. The number of halogens is 1. The molecule has 2 aliphatic heterocycles. The van der Waals surface area contributed by atoms with Crippen LogP contribution in [0.15, 0.2) is 36.7 Å². The highest BCUT2D eigenvalue weighted by Gasteiger charge is 2.30. The van der Waals surface area contributed by atoms with E-state index in [2.05, 4.69) is 15.3 Å². The number of benzene rings is 1. The van der Waals surface area contributed by atoms with Gasteiger partial charge in [0.1, 0.15) is 0 Å². The molecule has 0 bridgehead atoms. The van der Waals surface area contributed by atoms with E-state index in [4.69, 9.17) is 16.6 Å². The van der Waals surface area contributed by atoms with E-state index in [1.807, 2.05) is 40.3 Å². The number of para-hydroxylation sites is 1. The Morgan fingerprint density at radius 2 is 1.97 bits per heavy atom. The minimum Gasteiger partial charge on any atom is -0.360 e. The Labute approximate surface area is 180 Å². The number of H-pyrrole nitrogens is 1. The fraction of sp³-hybridized carbons (Fsp3) is 0.409. The van der Waals surface area contributed by atoms with Gasteiger partial charge >= 0.3 is 6.03 Å². The number of fused-ring (bicyclic) bond motifs is 1. The molecule has 7 nitrogen and oxygen atoms in total. The molecule has 0 saturated carbocycles. The number of likely N-dealkylation sites (tertiary alicyclic amines) is 2. The third-order valence-electron chi connectivity index (χ3n) is 6.01. The molecule has 2 aliphatic rings. The van der Waals surface area contributed by atoms with Gasteiger partial charge in [-0.15, -0.1) is 0 Å². The lowest BCUT2D eigenvalue weighted by molar-refractivity contribution is 0.152. The maximum Gasteiger partial charge on any atom is 0.320 e. The van der Waals surface area contributed by atoms with Crippen LogP contribution in [0.5, 0.6) is 0 Å². The molecule has 3 aromatic rings. The first-order chi connectivity index (χ1) is 14.7. The minimum atomic E-state index is 0.135. The first-order valence-corrected chi connectivity index (χ1v) is 11.0. The van der Waals surface area contributed by atoms with Crippen LogP contribution in [0.2, 0.25) is 5.02 Å². The average molecular weight is 425 g/mol. The molecule has 0 unspecified atom stereocenters. The second-order valence-electron chi connectivity index (χ2n) is 8.04. The summed E-state index contributed by atoms with van der Waals surface area (Å²) in [5, 5.41) is 4.99. The van der Waals surface area contributed by atoms with Crippen LogP contribution in [-0.2, 0) is 0 Å². The summed E-state index contributed by atoms with van der Waals surface area (Å²) in [6.45, 7) is 3.18. The van der Waals surface area contributed by atoms with Crippen molar-refractivity contribution >= 4 is 34.5 Å². The summed E-state index contributed by atoms with van der Waals surface area (Å²) in [5.74, 6) is 0.539. The summed E-state index contributed by atoms with van der Waals surface area (Å²) < 4.78 is 0. The lowest BCUT2D eigenvalue weighted by Gasteiger charge is -2.31. The van der Waals surface area contributed by atoms with Crippen molar-refractivity contribution in [2.75, 3.05) is 31.5 Å². The molecular formula is C22H25ClN6O. The number of carbonyl (C=O) groups is 1. The normalized spacial score (nSPS) is 19.4. The van der Waals surface area contributed by atoms with Gasteiger partial charge in [-0.25, -0.2) is 14.8 Å². The highest BCUT2D eigenvalue weighted by Crippen LogP contribution is 2.32. The van der Waals surface area contributed by atoms with Crippen LogP contribution in [0.25, 0.3) is 22.2 Å². The number of nitrogens with one attached hydrogen (secondary N) is 2. The van der Waals surface area contributed by atoms with Crippen LogP contribution in [0.4, 0.5) is 10.7 Å². The number of aromatic amines is 1. The van der Waals surface area contributed by atoms with Gasteiger partial charge in [-0.1, -0.05) is 29.8 Å². The predicted molar refractivity (Wildman–Crippen MR) is 119 cm³/mol. The van der Waals surface area contributed by atoms with Crippen LogP contribution in [-0.4, -0.2) is 63.0 Å². The fourth-order valence-electron chi connectivity index (χ4n) is 4.41. The second kappa shape index (κ2) is 8.14. The molecule has 2 aromatic heterocycles. The third kappa shape index (κ3) is 3.69. The van der Waals surface area contributed by atoms with Crippen molar-refractivity contribution in [1.82, 2.24) is 24.8 Å². The fourth-order valence-corrected chi connectivity index (χ4v) is 4.61. The first-order valence-electron chi connectivity index (χ1n) is 10.6. The molecule has 0 aliphatic carbocycles. The summed E-state index contributed by atoms with van der Waals surface area (Å²) in [4.78, 5) is 29.0. The highest BCUT2D eigenvalue weighted by molar-refractivity contribution is 6.33. The molecule has 156 valence electrons.